The van der Waals surface area contributed by atoms with Crippen LogP contribution in [-0.2, 0) is 16.0 Å². The zero-order valence-corrected chi connectivity index (χ0v) is 9.93. The summed E-state index contributed by atoms with van der Waals surface area (Å²) in [5, 5.41) is 11.5. The molecule has 0 saturated carbocycles. The average molecular weight is 245 g/mol. The maximum absolute atomic E-state index is 11.8. The molecule has 1 aliphatic carbocycles. The molecule has 0 saturated heterocycles. The Bertz CT molecular complexity index is 468. The van der Waals surface area contributed by atoms with E-state index in [1.54, 1.807) is 24.3 Å². The molecule has 0 aromatic heterocycles. The Labute approximate surface area is 105 Å². The summed E-state index contributed by atoms with van der Waals surface area (Å²) >= 11 is 0. The van der Waals surface area contributed by atoms with Gasteiger partial charge in [0.1, 0.15) is 0 Å². The number of carbonyl (C=O) groups excluding carboxylic acids is 1. The first-order valence-corrected chi connectivity index (χ1v) is 5.92. The van der Waals surface area contributed by atoms with Crippen molar-refractivity contribution in [3.63, 3.8) is 0 Å². The lowest BCUT2D eigenvalue weighted by Crippen LogP contribution is -2.20. The molecule has 0 unspecified atom stereocenters. The number of benzene rings is 1. The van der Waals surface area contributed by atoms with E-state index in [-0.39, 0.29) is 18.2 Å². The summed E-state index contributed by atoms with van der Waals surface area (Å²) in [5.41, 5.74) is 1.43. The Morgan fingerprint density at radius 1 is 1.17 bits per heavy atom. The highest BCUT2D eigenvalue weighted by molar-refractivity contribution is 5.93. The topological polar surface area (TPSA) is 66.4 Å². The summed E-state index contributed by atoms with van der Waals surface area (Å²) in [6.07, 6.45) is 5.62. The lowest BCUT2D eigenvalue weighted by Gasteiger charge is -2.10. The lowest BCUT2D eigenvalue weighted by molar-refractivity contribution is -0.136. The smallest absolute Gasteiger partial charge is 0.307 e. The number of anilines is 1. The molecule has 94 valence electrons. The van der Waals surface area contributed by atoms with Gasteiger partial charge in [-0.1, -0.05) is 24.3 Å². The van der Waals surface area contributed by atoms with E-state index >= 15 is 0 Å². The number of carboxylic acid groups (broad SMARTS) is 1. The van der Waals surface area contributed by atoms with E-state index in [1.165, 1.54) is 0 Å². The number of hydrogen-bond acceptors (Lipinski definition) is 2. The third-order valence-electron chi connectivity index (χ3n) is 2.96. The molecule has 4 nitrogen and oxygen atoms in total. The minimum absolute atomic E-state index is 0.000765. The third-order valence-corrected chi connectivity index (χ3v) is 2.96. The van der Waals surface area contributed by atoms with Gasteiger partial charge in [-0.25, -0.2) is 0 Å². The number of allylic oxidation sites excluding steroid dienone is 2. The predicted molar refractivity (Wildman–Crippen MR) is 68.3 cm³/mol. The Kier molecular flexibility index (Phi) is 3.77. The van der Waals surface area contributed by atoms with Crippen LogP contribution >= 0.6 is 0 Å². The fourth-order valence-corrected chi connectivity index (χ4v) is 1.96. The molecule has 18 heavy (non-hydrogen) atoms. The molecule has 1 aromatic carbocycles. The molecule has 0 atom stereocenters. The van der Waals surface area contributed by atoms with Crippen LogP contribution in [0, 0.1) is 5.92 Å². The Morgan fingerprint density at radius 3 is 2.33 bits per heavy atom. The second-order valence-corrected chi connectivity index (χ2v) is 4.40. The van der Waals surface area contributed by atoms with Gasteiger partial charge in [0.2, 0.25) is 5.91 Å². The maximum Gasteiger partial charge on any atom is 0.307 e. The van der Waals surface area contributed by atoms with Crippen LogP contribution in [0.4, 0.5) is 5.69 Å². The largest absolute Gasteiger partial charge is 0.481 e. The molecule has 2 rings (SSSR count). The molecule has 0 spiro atoms. The van der Waals surface area contributed by atoms with Gasteiger partial charge in [0, 0.05) is 11.6 Å². The van der Waals surface area contributed by atoms with Crippen LogP contribution in [0.3, 0.4) is 0 Å². The van der Waals surface area contributed by atoms with Crippen molar-refractivity contribution in [3.05, 3.63) is 42.0 Å². The fraction of sp³-hybridized carbons (Fsp3) is 0.286. The summed E-state index contributed by atoms with van der Waals surface area (Å²) in [4.78, 5) is 22.4. The van der Waals surface area contributed by atoms with Crippen molar-refractivity contribution >= 4 is 17.6 Å². The first kappa shape index (κ1) is 12.4. The SMILES string of the molecule is O=C(O)Cc1ccc(NC(=O)C2CC=CC2)cc1. The van der Waals surface area contributed by atoms with Gasteiger partial charge >= 0.3 is 5.97 Å². The summed E-state index contributed by atoms with van der Waals surface area (Å²) in [6, 6.07) is 6.91. The molecule has 0 heterocycles. The van der Waals surface area contributed by atoms with Gasteiger partial charge in [0.15, 0.2) is 0 Å². The average Bonchev–Trinajstić information content (AvgIpc) is 2.84. The zero-order chi connectivity index (χ0) is 13.0. The molecule has 4 heteroatoms. The highest BCUT2D eigenvalue weighted by atomic mass is 16.4. The van der Waals surface area contributed by atoms with Crippen LogP contribution in [0.15, 0.2) is 36.4 Å². The number of amides is 1. The van der Waals surface area contributed by atoms with E-state index < -0.39 is 5.97 Å². The van der Waals surface area contributed by atoms with Crippen molar-refractivity contribution in [1.82, 2.24) is 0 Å². The van der Waals surface area contributed by atoms with Crippen LogP contribution in [0.25, 0.3) is 0 Å². The second-order valence-electron chi connectivity index (χ2n) is 4.40. The molecular formula is C14H15NO3. The molecule has 2 N–H and O–H groups in total. The Balaban J connectivity index is 1.93. The molecule has 0 fully saturated rings. The molecule has 0 aliphatic heterocycles. The quantitative estimate of drug-likeness (QED) is 0.799. The van der Waals surface area contributed by atoms with Crippen LogP contribution < -0.4 is 5.32 Å². The number of hydrogen-bond donors (Lipinski definition) is 2. The van der Waals surface area contributed by atoms with Gasteiger partial charge in [-0.2, -0.15) is 0 Å². The van der Waals surface area contributed by atoms with E-state index in [2.05, 4.69) is 5.32 Å². The van der Waals surface area contributed by atoms with Crippen LogP contribution in [0.5, 0.6) is 0 Å². The first-order chi connectivity index (χ1) is 8.65. The minimum atomic E-state index is -0.858. The summed E-state index contributed by atoms with van der Waals surface area (Å²) in [5.74, 6) is -0.807. The van der Waals surface area contributed by atoms with Gasteiger partial charge in [-0.05, 0) is 30.5 Å². The van der Waals surface area contributed by atoms with Crippen LogP contribution in [0.1, 0.15) is 18.4 Å². The van der Waals surface area contributed by atoms with Crippen molar-refractivity contribution < 1.29 is 14.7 Å². The number of aliphatic carboxylic acids is 1. The van der Waals surface area contributed by atoms with E-state index in [4.69, 9.17) is 5.11 Å². The zero-order valence-electron chi connectivity index (χ0n) is 9.93. The van der Waals surface area contributed by atoms with Crippen molar-refractivity contribution in [3.8, 4) is 0 Å². The molecule has 1 amide bonds. The van der Waals surface area contributed by atoms with Crippen molar-refractivity contribution in [2.45, 2.75) is 19.3 Å². The monoisotopic (exact) mass is 245 g/mol. The molecule has 0 radical (unpaired) electrons. The number of nitrogens with one attached hydrogen (secondary N) is 1. The van der Waals surface area contributed by atoms with E-state index in [0.29, 0.717) is 5.69 Å². The Hall–Kier alpha value is -2.10. The van der Waals surface area contributed by atoms with E-state index in [1.807, 2.05) is 12.2 Å². The van der Waals surface area contributed by atoms with Crippen molar-refractivity contribution in [2.75, 3.05) is 5.32 Å². The van der Waals surface area contributed by atoms with Gasteiger partial charge in [0.25, 0.3) is 0 Å². The first-order valence-electron chi connectivity index (χ1n) is 5.92. The maximum atomic E-state index is 11.8. The Morgan fingerprint density at radius 2 is 1.78 bits per heavy atom. The third kappa shape index (κ3) is 3.20. The molecule has 0 bridgehead atoms. The number of carboxylic acids is 1. The second kappa shape index (κ2) is 5.49. The van der Waals surface area contributed by atoms with E-state index in [0.717, 1.165) is 18.4 Å². The lowest BCUT2D eigenvalue weighted by atomic mass is 10.1. The number of carbonyl (C=O) groups is 2. The van der Waals surface area contributed by atoms with E-state index in [9.17, 15) is 9.59 Å². The normalized spacial score (nSPS) is 14.7. The van der Waals surface area contributed by atoms with Gasteiger partial charge in [-0.15, -0.1) is 0 Å². The van der Waals surface area contributed by atoms with Gasteiger partial charge < -0.3 is 10.4 Å². The van der Waals surface area contributed by atoms with Gasteiger partial charge in [0.05, 0.1) is 6.42 Å². The van der Waals surface area contributed by atoms with Crippen molar-refractivity contribution in [1.29, 1.82) is 0 Å². The fourth-order valence-electron chi connectivity index (χ4n) is 1.96. The molecular weight excluding hydrogens is 230 g/mol. The summed E-state index contributed by atoms with van der Waals surface area (Å²) in [6.45, 7) is 0. The number of rotatable bonds is 4. The molecule has 1 aromatic rings. The predicted octanol–water partition coefficient (Wildman–Crippen LogP) is 2.22. The molecule has 1 aliphatic rings. The van der Waals surface area contributed by atoms with Crippen LogP contribution in [-0.4, -0.2) is 17.0 Å². The summed E-state index contributed by atoms with van der Waals surface area (Å²) in [7, 11) is 0. The standard InChI is InChI=1S/C14H15NO3/c16-13(17)9-10-5-7-12(8-6-10)15-14(18)11-3-1-2-4-11/h1-2,5-8,11H,3-4,9H2,(H,15,18)(H,16,17). The van der Waals surface area contributed by atoms with Crippen molar-refractivity contribution in [2.24, 2.45) is 5.92 Å². The summed E-state index contributed by atoms with van der Waals surface area (Å²) < 4.78 is 0. The van der Waals surface area contributed by atoms with Crippen LogP contribution in [0.2, 0.25) is 0 Å². The minimum Gasteiger partial charge on any atom is -0.481 e. The highest BCUT2D eigenvalue weighted by Crippen LogP contribution is 2.20. The highest BCUT2D eigenvalue weighted by Gasteiger charge is 2.18. The van der Waals surface area contributed by atoms with Gasteiger partial charge in [-0.3, -0.25) is 9.59 Å².